The highest BCUT2D eigenvalue weighted by Gasteiger charge is 2.65. The number of fused-ring (bicyclic) bond motifs is 5. The summed E-state index contributed by atoms with van der Waals surface area (Å²) in [6.45, 7) is 5.24. The van der Waals surface area contributed by atoms with Crippen LogP contribution in [0, 0.1) is 28.6 Å². The third-order valence-electron chi connectivity index (χ3n) is 9.73. The Kier molecular flexibility index (Phi) is 3.96. The molecule has 6 atom stereocenters. The van der Waals surface area contributed by atoms with Gasteiger partial charge in [0.2, 0.25) is 0 Å². The van der Waals surface area contributed by atoms with Gasteiger partial charge >= 0.3 is 5.97 Å². The number of rotatable bonds is 0. The smallest absolute Gasteiger partial charge is 0.331 e. The van der Waals surface area contributed by atoms with E-state index in [1.54, 1.807) is 6.08 Å². The molecular formula is C24H34O3. The lowest BCUT2D eigenvalue weighted by Gasteiger charge is -2.62. The van der Waals surface area contributed by atoms with Crippen LogP contribution >= 0.6 is 0 Å². The van der Waals surface area contributed by atoms with E-state index in [9.17, 15) is 9.90 Å². The van der Waals surface area contributed by atoms with Crippen LogP contribution in [0.1, 0.15) is 78.1 Å². The summed E-state index contributed by atoms with van der Waals surface area (Å²) in [5.74, 6) is 1.74. The number of carbonyl (C=O) groups excluding carboxylic acids is 1. The average Bonchev–Trinajstić information content (AvgIpc) is 2.94. The summed E-state index contributed by atoms with van der Waals surface area (Å²) < 4.78 is 5.29. The molecule has 0 bridgehead atoms. The molecule has 0 aromatic carbocycles. The lowest BCUT2D eigenvalue weighted by molar-refractivity contribution is -0.190. The zero-order chi connectivity index (χ0) is 18.9. The maximum Gasteiger partial charge on any atom is 0.331 e. The molecule has 0 saturated heterocycles. The molecule has 0 unspecified atom stereocenters. The Morgan fingerprint density at radius 1 is 1.00 bits per heavy atom. The standard InChI is InChI=1S/C24H34O3/c1-22-12-4-3-5-17(22)7-8-20-19(22)10-13-23(2)18(11-14-24(20,23)26)16-6-9-21(25)27-15-16/h6,9,17,19-20,26H,3-5,7-8,10-15H2,1-2H3/b18-16-/t17-,19-,20+,22-,23+,24-/m0/s1. The molecule has 27 heavy (non-hydrogen) atoms. The fourth-order valence-corrected chi connectivity index (χ4v) is 8.19. The SMILES string of the molecule is C[C@]12CCCC[C@H]1CC[C@@H]1[C@@H]2CC[C@]2(C)/C(=C3/C=CC(=O)OC3)CC[C@]12O. The lowest BCUT2D eigenvalue weighted by atomic mass is 9.44. The fraction of sp³-hybridized carbons (Fsp3) is 0.792. The molecule has 4 saturated carbocycles. The van der Waals surface area contributed by atoms with E-state index in [4.69, 9.17) is 4.74 Å². The van der Waals surface area contributed by atoms with Gasteiger partial charge in [0.15, 0.2) is 0 Å². The van der Waals surface area contributed by atoms with Crippen molar-refractivity contribution in [2.75, 3.05) is 6.61 Å². The number of carbonyl (C=O) groups is 1. The summed E-state index contributed by atoms with van der Waals surface area (Å²) >= 11 is 0. The van der Waals surface area contributed by atoms with Gasteiger partial charge in [0, 0.05) is 11.5 Å². The predicted molar refractivity (Wildman–Crippen MR) is 105 cm³/mol. The summed E-state index contributed by atoms with van der Waals surface area (Å²) in [5, 5.41) is 12.2. The first-order chi connectivity index (χ1) is 12.9. The van der Waals surface area contributed by atoms with Crippen LogP contribution in [0.25, 0.3) is 0 Å². The second kappa shape index (κ2) is 5.95. The first kappa shape index (κ1) is 18.0. The Labute approximate surface area is 163 Å². The summed E-state index contributed by atoms with van der Waals surface area (Å²) in [5.41, 5.74) is 2.20. The molecule has 0 amide bonds. The largest absolute Gasteiger partial charge is 0.458 e. The molecule has 3 heteroatoms. The first-order valence-corrected chi connectivity index (χ1v) is 11.2. The monoisotopic (exact) mass is 370 g/mol. The average molecular weight is 371 g/mol. The van der Waals surface area contributed by atoms with E-state index in [1.165, 1.54) is 50.5 Å². The quantitative estimate of drug-likeness (QED) is 0.614. The van der Waals surface area contributed by atoms with Gasteiger partial charge in [-0.05, 0) is 86.2 Å². The maximum absolute atomic E-state index is 12.2. The van der Waals surface area contributed by atoms with Gasteiger partial charge in [-0.15, -0.1) is 0 Å². The maximum atomic E-state index is 12.2. The highest BCUT2D eigenvalue weighted by atomic mass is 16.5. The van der Waals surface area contributed by atoms with E-state index >= 15 is 0 Å². The Morgan fingerprint density at radius 3 is 2.63 bits per heavy atom. The molecule has 0 aromatic rings. The van der Waals surface area contributed by atoms with Crippen LogP contribution in [-0.4, -0.2) is 23.3 Å². The lowest BCUT2D eigenvalue weighted by Crippen LogP contribution is -2.61. The molecule has 5 rings (SSSR count). The molecule has 3 nitrogen and oxygen atoms in total. The predicted octanol–water partition coefficient (Wildman–Crippen LogP) is 4.94. The zero-order valence-corrected chi connectivity index (χ0v) is 16.9. The Hall–Kier alpha value is -1.09. The van der Waals surface area contributed by atoms with E-state index in [1.807, 2.05) is 6.08 Å². The number of esters is 1. The minimum absolute atomic E-state index is 0.157. The molecule has 1 aliphatic heterocycles. The molecule has 148 valence electrons. The van der Waals surface area contributed by atoms with Gasteiger partial charge in [-0.25, -0.2) is 4.79 Å². The van der Waals surface area contributed by atoms with Crippen molar-refractivity contribution in [1.29, 1.82) is 0 Å². The Morgan fingerprint density at radius 2 is 1.85 bits per heavy atom. The molecule has 0 spiro atoms. The third kappa shape index (κ3) is 2.33. The molecule has 1 heterocycles. The van der Waals surface area contributed by atoms with Crippen molar-refractivity contribution in [3.05, 3.63) is 23.3 Å². The van der Waals surface area contributed by atoms with Gasteiger partial charge in [-0.1, -0.05) is 32.3 Å². The third-order valence-corrected chi connectivity index (χ3v) is 9.73. The van der Waals surface area contributed by atoms with E-state index in [2.05, 4.69) is 13.8 Å². The molecule has 0 aromatic heterocycles. The number of ether oxygens (including phenoxy) is 1. The van der Waals surface area contributed by atoms with Gasteiger partial charge in [0.1, 0.15) is 6.61 Å². The van der Waals surface area contributed by atoms with Crippen molar-refractivity contribution in [2.24, 2.45) is 28.6 Å². The van der Waals surface area contributed by atoms with Gasteiger partial charge in [-0.3, -0.25) is 0 Å². The van der Waals surface area contributed by atoms with Crippen LogP contribution in [0.5, 0.6) is 0 Å². The van der Waals surface area contributed by atoms with Gasteiger partial charge < -0.3 is 9.84 Å². The summed E-state index contributed by atoms with van der Waals surface area (Å²) in [6.07, 6.45) is 15.7. The van der Waals surface area contributed by atoms with Gasteiger partial charge in [0.05, 0.1) is 5.60 Å². The first-order valence-electron chi connectivity index (χ1n) is 11.2. The minimum Gasteiger partial charge on any atom is -0.458 e. The topological polar surface area (TPSA) is 46.5 Å². The second-order valence-corrected chi connectivity index (χ2v) is 10.5. The summed E-state index contributed by atoms with van der Waals surface area (Å²) in [4.78, 5) is 11.4. The van der Waals surface area contributed by atoms with Crippen LogP contribution in [0.15, 0.2) is 23.3 Å². The minimum atomic E-state index is -0.584. The number of cyclic esters (lactones) is 1. The molecule has 4 aliphatic carbocycles. The van der Waals surface area contributed by atoms with Crippen molar-refractivity contribution < 1.29 is 14.6 Å². The molecule has 4 fully saturated rings. The number of hydrogen-bond acceptors (Lipinski definition) is 3. The van der Waals surface area contributed by atoms with E-state index < -0.39 is 5.60 Å². The molecule has 0 radical (unpaired) electrons. The van der Waals surface area contributed by atoms with E-state index in [0.29, 0.717) is 23.9 Å². The fourth-order valence-electron chi connectivity index (χ4n) is 8.19. The van der Waals surface area contributed by atoms with E-state index in [0.717, 1.165) is 30.8 Å². The van der Waals surface area contributed by atoms with Gasteiger partial charge in [-0.2, -0.15) is 0 Å². The normalized spacial score (nSPS) is 52.0. The van der Waals surface area contributed by atoms with Crippen molar-refractivity contribution in [1.82, 2.24) is 0 Å². The van der Waals surface area contributed by atoms with Crippen LogP contribution < -0.4 is 0 Å². The highest BCUT2D eigenvalue weighted by molar-refractivity contribution is 5.84. The van der Waals surface area contributed by atoms with Crippen LogP contribution in [0.4, 0.5) is 0 Å². The van der Waals surface area contributed by atoms with Crippen molar-refractivity contribution in [3.8, 4) is 0 Å². The summed E-state index contributed by atoms with van der Waals surface area (Å²) in [6, 6.07) is 0. The number of aliphatic hydroxyl groups is 1. The van der Waals surface area contributed by atoms with Gasteiger partial charge in [0.25, 0.3) is 0 Å². The summed E-state index contributed by atoms with van der Waals surface area (Å²) in [7, 11) is 0. The highest BCUT2D eigenvalue weighted by Crippen LogP contribution is 2.69. The number of hydrogen-bond donors (Lipinski definition) is 1. The Bertz CT molecular complexity index is 721. The van der Waals surface area contributed by atoms with E-state index in [-0.39, 0.29) is 11.4 Å². The molecule has 1 N–H and O–H groups in total. The Balaban J connectivity index is 1.52. The van der Waals surface area contributed by atoms with Crippen molar-refractivity contribution in [2.45, 2.75) is 83.7 Å². The molecule has 5 aliphatic rings. The van der Waals surface area contributed by atoms with Crippen LogP contribution in [0.2, 0.25) is 0 Å². The second-order valence-electron chi connectivity index (χ2n) is 10.5. The zero-order valence-electron chi connectivity index (χ0n) is 16.9. The van der Waals surface area contributed by atoms with Crippen molar-refractivity contribution >= 4 is 5.97 Å². The van der Waals surface area contributed by atoms with Crippen LogP contribution in [-0.2, 0) is 9.53 Å². The van der Waals surface area contributed by atoms with Crippen molar-refractivity contribution in [3.63, 3.8) is 0 Å². The van der Waals surface area contributed by atoms with Crippen LogP contribution in [0.3, 0.4) is 0 Å². The molecular weight excluding hydrogens is 336 g/mol.